The van der Waals surface area contributed by atoms with E-state index in [-0.39, 0.29) is 6.54 Å². The fourth-order valence-electron chi connectivity index (χ4n) is 1.78. The zero-order chi connectivity index (χ0) is 13.7. The number of nitrogens with one attached hydrogen (secondary N) is 1. The first-order valence-corrected chi connectivity index (χ1v) is 5.91. The Labute approximate surface area is 107 Å². The van der Waals surface area contributed by atoms with Crippen molar-refractivity contribution in [1.82, 2.24) is 0 Å². The predicted molar refractivity (Wildman–Crippen MR) is 69.5 cm³/mol. The van der Waals surface area contributed by atoms with E-state index in [0.29, 0.717) is 0 Å². The minimum atomic E-state index is -1.37. The van der Waals surface area contributed by atoms with Gasteiger partial charge in [0, 0.05) is 12.2 Å². The van der Waals surface area contributed by atoms with E-state index >= 15 is 0 Å². The van der Waals surface area contributed by atoms with Crippen LogP contribution in [0.15, 0.2) is 18.2 Å². The molecular weight excluding hydrogens is 234 g/mol. The lowest BCUT2D eigenvalue weighted by Gasteiger charge is -2.22. The molecule has 0 radical (unpaired) electrons. The maximum atomic E-state index is 9.64. The number of aryl methyl sites for hydroxylation is 2. The second-order valence-electron chi connectivity index (χ2n) is 4.57. The van der Waals surface area contributed by atoms with E-state index in [1.54, 1.807) is 0 Å². The van der Waals surface area contributed by atoms with Crippen LogP contribution in [0.25, 0.3) is 0 Å². The number of benzene rings is 1. The minimum Gasteiger partial charge on any atom is -0.394 e. The van der Waals surface area contributed by atoms with Gasteiger partial charge in [-0.15, -0.1) is 0 Å². The van der Waals surface area contributed by atoms with Crippen molar-refractivity contribution in [1.29, 1.82) is 0 Å². The molecule has 0 aromatic heterocycles. The summed E-state index contributed by atoms with van der Waals surface area (Å²) in [6.45, 7) is 3.46. The standard InChI is InChI=1S/C13H21NO4/c1-8-3-9(2)5-10(4-8)14-6-11(16)13(18)12(17)7-15/h3-5,11-18H,6-7H2,1-2H3/t11-,12+,13-/m0/s1. The van der Waals surface area contributed by atoms with Gasteiger partial charge in [0.15, 0.2) is 0 Å². The average Bonchev–Trinajstić information content (AvgIpc) is 2.32. The van der Waals surface area contributed by atoms with Crippen molar-refractivity contribution in [3.05, 3.63) is 29.3 Å². The third kappa shape index (κ3) is 4.27. The van der Waals surface area contributed by atoms with Crippen LogP contribution in [0.4, 0.5) is 5.69 Å². The summed E-state index contributed by atoms with van der Waals surface area (Å²) in [6.07, 6.45) is -3.84. The second kappa shape index (κ2) is 6.70. The molecule has 102 valence electrons. The monoisotopic (exact) mass is 255 g/mol. The molecule has 5 N–H and O–H groups in total. The van der Waals surface area contributed by atoms with E-state index in [1.807, 2.05) is 32.0 Å². The van der Waals surface area contributed by atoms with Crippen LogP contribution in [-0.4, -0.2) is 51.9 Å². The molecule has 0 fully saturated rings. The first-order valence-electron chi connectivity index (χ1n) is 5.91. The highest BCUT2D eigenvalue weighted by molar-refractivity contribution is 5.48. The van der Waals surface area contributed by atoms with Crippen LogP contribution in [0.5, 0.6) is 0 Å². The fourth-order valence-corrected chi connectivity index (χ4v) is 1.78. The molecule has 0 aliphatic heterocycles. The largest absolute Gasteiger partial charge is 0.394 e. The zero-order valence-corrected chi connectivity index (χ0v) is 10.7. The summed E-state index contributed by atoms with van der Waals surface area (Å²) in [4.78, 5) is 0. The summed E-state index contributed by atoms with van der Waals surface area (Å²) >= 11 is 0. The van der Waals surface area contributed by atoms with E-state index < -0.39 is 24.9 Å². The van der Waals surface area contributed by atoms with Crippen LogP contribution in [0.3, 0.4) is 0 Å². The Morgan fingerprint density at radius 1 is 1.00 bits per heavy atom. The van der Waals surface area contributed by atoms with Crippen molar-refractivity contribution in [3.63, 3.8) is 0 Å². The zero-order valence-electron chi connectivity index (χ0n) is 10.7. The second-order valence-corrected chi connectivity index (χ2v) is 4.57. The quantitative estimate of drug-likeness (QED) is 0.485. The molecule has 1 rings (SSSR count). The molecule has 0 aliphatic carbocycles. The van der Waals surface area contributed by atoms with Crippen LogP contribution >= 0.6 is 0 Å². The summed E-state index contributed by atoms with van der Waals surface area (Å²) in [6, 6.07) is 5.88. The van der Waals surface area contributed by atoms with Crippen LogP contribution in [0, 0.1) is 13.8 Å². The van der Waals surface area contributed by atoms with Crippen molar-refractivity contribution in [2.75, 3.05) is 18.5 Å². The first kappa shape index (κ1) is 14.9. The van der Waals surface area contributed by atoms with Gasteiger partial charge >= 0.3 is 0 Å². The molecular formula is C13H21NO4. The molecule has 0 spiro atoms. The molecule has 5 heteroatoms. The lowest BCUT2D eigenvalue weighted by Crippen LogP contribution is -2.42. The molecule has 0 unspecified atom stereocenters. The smallest absolute Gasteiger partial charge is 0.110 e. The Kier molecular flexibility index (Phi) is 5.55. The van der Waals surface area contributed by atoms with Crippen LogP contribution in [0.1, 0.15) is 11.1 Å². The van der Waals surface area contributed by atoms with E-state index in [0.717, 1.165) is 16.8 Å². The predicted octanol–water partition coefficient (Wildman–Crippen LogP) is -0.210. The Bertz CT molecular complexity index is 363. The topological polar surface area (TPSA) is 93.0 Å². The number of aliphatic hydroxyl groups is 4. The van der Waals surface area contributed by atoms with Gasteiger partial charge in [0.05, 0.1) is 12.7 Å². The molecule has 1 aromatic rings. The SMILES string of the molecule is Cc1cc(C)cc(NC[C@H](O)[C@H](O)[C@H](O)CO)c1. The molecule has 0 amide bonds. The summed E-state index contributed by atoms with van der Waals surface area (Å²) in [5, 5.41) is 40.0. The van der Waals surface area contributed by atoms with E-state index in [1.165, 1.54) is 0 Å². The van der Waals surface area contributed by atoms with Gasteiger partial charge in [-0.25, -0.2) is 0 Å². The Balaban J connectivity index is 2.54. The molecule has 1 aromatic carbocycles. The van der Waals surface area contributed by atoms with Crippen LogP contribution in [0.2, 0.25) is 0 Å². The molecule has 0 aliphatic rings. The van der Waals surface area contributed by atoms with Crippen molar-refractivity contribution in [2.24, 2.45) is 0 Å². The van der Waals surface area contributed by atoms with Gasteiger partial charge in [0.2, 0.25) is 0 Å². The molecule has 0 bridgehead atoms. The highest BCUT2D eigenvalue weighted by Crippen LogP contribution is 2.14. The normalized spacial score (nSPS) is 16.1. The molecule has 5 nitrogen and oxygen atoms in total. The highest BCUT2D eigenvalue weighted by Gasteiger charge is 2.23. The fraction of sp³-hybridized carbons (Fsp3) is 0.538. The number of hydrogen-bond acceptors (Lipinski definition) is 5. The maximum Gasteiger partial charge on any atom is 0.110 e. The van der Waals surface area contributed by atoms with E-state index in [4.69, 9.17) is 5.11 Å². The Hall–Kier alpha value is -1.14. The Morgan fingerprint density at radius 2 is 1.56 bits per heavy atom. The van der Waals surface area contributed by atoms with Gasteiger partial charge < -0.3 is 25.7 Å². The number of rotatable bonds is 6. The lowest BCUT2D eigenvalue weighted by atomic mass is 10.1. The van der Waals surface area contributed by atoms with Crippen molar-refractivity contribution in [2.45, 2.75) is 32.2 Å². The molecule has 18 heavy (non-hydrogen) atoms. The van der Waals surface area contributed by atoms with Gasteiger partial charge in [-0.2, -0.15) is 0 Å². The summed E-state index contributed by atoms with van der Waals surface area (Å²) < 4.78 is 0. The molecule has 0 saturated carbocycles. The number of aliphatic hydroxyl groups excluding tert-OH is 4. The van der Waals surface area contributed by atoms with E-state index in [2.05, 4.69) is 5.32 Å². The summed E-state index contributed by atoms with van der Waals surface area (Å²) in [5.74, 6) is 0. The van der Waals surface area contributed by atoms with Gasteiger partial charge in [-0.1, -0.05) is 6.07 Å². The summed E-state index contributed by atoms with van der Waals surface area (Å²) in [7, 11) is 0. The minimum absolute atomic E-state index is 0.0983. The van der Waals surface area contributed by atoms with Gasteiger partial charge in [-0.3, -0.25) is 0 Å². The number of hydrogen-bond donors (Lipinski definition) is 5. The van der Waals surface area contributed by atoms with Crippen molar-refractivity contribution in [3.8, 4) is 0 Å². The highest BCUT2D eigenvalue weighted by atomic mass is 16.4. The molecule has 3 atom stereocenters. The van der Waals surface area contributed by atoms with Crippen molar-refractivity contribution >= 4 is 5.69 Å². The third-order valence-corrected chi connectivity index (χ3v) is 2.71. The maximum absolute atomic E-state index is 9.64. The first-order chi connectivity index (χ1) is 8.43. The van der Waals surface area contributed by atoms with Crippen molar-refractivity contribution < 1.29 is 20.4 Å². The summed E-state index contributed by atoms with van der Waals surface area (Å²) in [5.41, 5.74) is 3.04. The van der Waals surface area contributed by atoms with E-state index in [9.17, 15) is 15.3 Å². The number of anilines is 1. The van der Waals surface area contributed by atoms with Gasteiger partial charge in [-0.05, 0) is 37.1 Å². The van der Waals surface area contributed by atoms with Crippen LogP contribution in [-0.2, 0) is 0 Å². The third-order valence-electron chi connectivity index (χ3n) is 2.71. The van der Waals surface area contributed by atoms with Crippen LogP contribution < -0.4 is 5.32 Å². The molecule has 0 saturated heterocycles. The van der Waals surface area contributed by atoms with Gasteiger partial charge in [0.25, 0.3) is 0 Å². The average molecular weight is 255 g/mol. The molecule has 0 heterocycles. The lowest BCUT2D eigenvalue weighted by molar-refractivity contribution is -0.0715. The van der Waals surface area contributed by atoms with Gasteiger partial charge in [0.1, 0.15) is 12.2 Å². The Morgan fingerprint density at radius 3 is 2.06 bits per heavy atom.